The van der Waals surface area contributed by atoms with E-state index in [0.717, 1.165) is 16.0 Å². The van der Waals surface area contributed by atoms with Crippen LogP contribution < -0.4 is 5.32 Å². The van der Waals surface area contributed by atoms with Crippen LogP contribution in [0.5, 0.6) is 0 Å². The van der Waals surface area contributed by atoms with Gasteiger partial charge in [0.05, 0.1) is 10.4 Å². The molecule has 0 bridgehead atoms. The van der Waals surface area contributed by atoms with Crippen molar-refractivity contribution >= 4 is 17.2 Å². The molecule has 0 aliphatic rings. The van der Waals surface area contributed by atoms with Gasteiger partial charge in [0.1, 0.15) is 5.69 Å². The maximum absolute atomic E-state index is 12.4. The summed E-state index contributed by atoms with van der Waals surface area (Å²) in [5.41, 5.74) is 5.51. The normalized spacial score (nSPS) is 10.4. The molecule has 1 heterocycles. The number of hydrogen-bond acceptors (Lipinski definition) is 3. The zero-order chi connectivity index (χ0) is 15.4. The summed E-state index contributed by atoms with van der Waals surface area (Å²) in [4.78, 5) is 17.6. The molecule has 0 aliphatic heterocycles. The van der Waals surface area contributed by atoms with Crippen molar-refractivity contribution in [2.24, 2.45) is 0 Å². The summed E-state index contributed by atoms with van der Waals surface area (Å²) < 4.78 is 0. The summed E-state index contributed by atoms with van der Waals surface area (Å²) in [6.45, 7) is 2.55. The van der Waals surface area contributed by atoms with Gasteiger partial charge in [0.2, 0.25) is 0 Å². The molecule has 0 spiro atoms. The Morgan fingerprint density at radius 3 is 2.59 bits per heavy atom. The molecule has 3 nitrogen and oxygen atoms in total. The van der Waals surface area contributed by atoms with E-state index in [9.17, 15) is 4.79 Å². The topological polar surface area (TPSA) is 42.0 Å². The molecule has 4 heteroatoms. The van der Waals surface area contributed by atoms with Crippen LogP contribution in [0.15, 0.2) is 60.1 Å². The number of amides is 1. The van der Waals surface area contributed by atoms with E-state index in [1.165, 1.54) is 16.9 Å². The summed E-state index contributed by atoms with van der Waals surface area (Å²) in [6.07, 6.45) is 0. The number of nitrogens with one attached hydrogen (secondary N) is 1. The Bertz CT molecular complexity index is 781. The van der Waals surface area contributed by atoms with Crippen molar-refractivity contribution < 1.29 is 4.79 Å². The molecule has 0 saturated carbocycles. The lowest BCUT2D eigenvalue weighted by atomic mass is 10.1. The molecule has 1 amide bonds. The van der Waals surface area contributed by atoms with E-state index < -0.39 is 0 Å². The highest BCUT2D eigenvalue weighted by Crippen LogP contribution is 2.27. The predicted octanol–water partition coefficient (Wildman–Crippen LogP) is 4.05. The highest BCUT2D eigenvalue weighted by atomic mass is 32.1. The second-order valence-electron chi connectivity index (χ2n) is 5.01. The van der Waals surface area contributed by atoms with E-state index in [2.05, 4.69) is 10.3 Å². The molecule has 1 N–H and O–H groups in total. The fraction of sp³-hybridized carbons (Fsp3) is 0.111. The first-order valence-corrected chi connectivity index (χ1v) is 7.95. The predicted molar refractivity (Wildman–Crippen MR) is 89.9 cm³/mol. The number of nitrogens with zero attached hydrogens (tertiary/aromatic N) is 1. The number of rotatable bonds is 4. The zero-order valence-electron chi connectivity index (χ0n) is 12.2. The lowest BCUT2D eigenvalue weighted by Gasteiger charge is -2.08. The molecule has 0 saturated heterocycles. The minimum atomic E-state index is -0.136. The minimum Gasteiger partial charge on any atom is -0.347 e. The standard InChI is InChI=1S/C18H16N2OS/c1-13-7-5-6-10-15(13)11-19-18(21)16-17(22-12-20-16)14-8-3-2-4-9-14/h2-10,12H,11H2,1H3,(H,19,21). The Kier molecular flexibility index (Phi) is 4.30. The minimum absolute atomic E-state index is 0.136. The van der Waals surface area contributed by atoms with E-state index in [1.54, 1.807) is 5.51 Å². The van der Waals surface area contributed by atoms with Crippen LogP contribution in [0.3, 0.4) is 0 Å². The van der Waals surface area contributed by atoms with E-state index >= 15 is 0 Å². The zero-order valence-corrected chi connectivity index (χ0v) is 13.1. The van der Waals surface area contributed by atoms with Gasteiger partial charge in [-0.2, -0.15) is 0 Å². The first-order chi connectivity index (χ1) is 10.8. The number of carbonyl (C=O) groups excluding carboxylic acids is 1. The quantitative estimate of drug-likeness (QED) is 0.790. The van der Waals surface area contributed by atoms with Gasteiger partial charge >= 0.3 is 0 Å². The molecule has 0 unspecified atom stereocenters. The van der Waals surface area contributed by atoms with E-state index in [0.29, 0.717) is 12.2 Å². The highest BCUT2D eigenvalue weighted by molar-refractivity contribution is 7.13. The number of hydrogen-bond donors (Lipinski definition) is 1. The second-order valence-corrected chi connectivity index (χ2v) is 5.86. The molecule has 22 heavy (non-hydrogen) atoms. The van der Waals surface area contributed by atoms with Crippen LogP contribution in [0.2, 0.25) is 0 Å². The summed E-state index contributed by atoms with van der Waals surface area (Å²) in [6, 6.07) is 17.9. The average molecular weight is 308 g/mol. The fourth-order valence-corrected chi connectivity index (χ4v) is 3.06. The van der Waals surface area contributed by atoms with Crippen molar-refractivity contribution in [3.05, 3.63) is 76.9 Å². The summed E-state index contributed by atoms with van der Waals surface area (Å²) in [5.74, 6) is -0.136. The number of carbonyl (C=O) groups is 1. The van der Waals surface area contributed by atoms with Gasteiger partial charge < -0.3 is 5.32 Å². The van der Waals surface area contributed by atoms with Crippen molar-refractivity contribution in [1.82, 2.24) is 10.3 Å². The van der Waals surface area contributed by atoms with E-state index in [1.807, 2.05) is 61.5 Å². The second kappa shape index (κ2) is 6.54. The van der Waals surface area contributed by atoms with Crippen LogP contribution in [0.4, 0.5) is 0 Å². The Labute approximate surface area is 133 Å². The van der Waals surface area contributed by atoms with Crippen LogP contribution in [-0.2, 0) is 6.54 Å². The summed E-state index contributed by atoms with van der Waals surface area (Å²) >= 11 is 1.48. The van der Waals surface area contributed by atoms with E-state index in [-0.39, 0.29) is 5.91 Å². The molecule has 110 valence electrons. The molecular weight excluding hydrogens is 292 g/mol. The molecule has 1 aromatic heterocycles. The van der Waals surface area contributed by atoms with Crippen LogP contribution in [0.25, 0.3) is 10.4 Å². The first-order valence-electron chi connectivity index (χ1n) is 7.07. The monoisotopic (exact) mass is 308 g/mol. The maximum atomic E-state index is 12.4. The summed E-state index contributed by atoms with van der Waals surface area (Å²) in [5, 5.41) is 2.96. The molecular formula is C18H16N2OS. The molecule has 0 atom stereocenters. The van der Waals surface area contributed by atoms with Gasteiger partial charge in [-0.1, -0.05) is 54.6 Å². The van der Waals surface area contributed by atoms with Crippen LogP contribution in [-0.4, -0.2) is 10.9 Å². The number of aryl methyl sites for hydroxylation is 1. The van der Waals surface area contributed by atoms with Gasteiger partial charge in [0.15, 0.2) is 0 Å². The molecule has 0 radical (unpaired) electrons. The molecule has 0 fully saturated rings. The van der Waals surface area contributed by atoms with Crippen molar-refractivity contribution in [2.45, 2.75) is 13.5 Å². The molecule has 3 rings (SSSR count). The Morgan fingerprint density at radius 1 is 1.09 bits per heavy atom. The largest absolute Gasteiger partial charge is 0.347 e. The number of aromatic nitrogens is 1. The third-order valence-corrected chi connectivity index (χ3v) is 4.39. The van der Waals surface area contributed by atoms with Crippen LogP contribution >= 0.6 is 11.3 Å². The fourth-order valence-electron chi connectivity index (χ4n) is 2.27. The Hall–Kier alpha value is -2.46. The average Bonchev–Trinajstić information content (AvgIpc) is 3.04. The van der Waals surface area contributed by atoms with Gasteiger partial charge in [0.25, 0.3) is 5.91 Å². The van der Waals surface area contributed by atoms with E-state index in [4.69, 9.17) is 0 Å². The highest BCUT2D eigenvalue weighted by Gasteiger charge is 2.16. The van der Waals surface area contributed by atoms with Gasteiger partial charge in [-0.3, -0.25) is 4.79 Å². The lowest BCUT2D eigenvalue weighted by Crippen LogP contribution is -2.24. The molecule has 2 aromatic carbocycles. The Morgan fingerprint density at radius 2 is 1.82 bits per heavy atom. The SMILES string of the molecule is Cc1ccccc1CNC(=O)c1ncsc1-c1ccccc1. The van der Waals surface area contributed by atoms with Gasteiger partial charge in [-0.25, -0.2) is 4.98 Å². The van der Waals surface area contributed by atoms with Crippen LogP contribution in [0, 0.1) is 6.92 Å². The van der Waals surface area contributed by atoms with Crippen molar-refractivity contribution in [1.29, 1.82) is 0 Å². The molecule has 3 aromatic rings. The summed E-state index contributed by atoms with van der Waals surface area (Å²) in [7, 11) is 0. The third kappa shape index (κ3) is 3.07. The van der Waals surface area contributed by atoms with Crippen molar-refractivity contribution in [3.8, 4) is 10.4 Å². The maximum Gasteiger partial charge on any atom is 0.271 e. The van der Waals surface area contributed by atoms with Gasteiger partial charge in [-0.05, 0) is 23.6 Å². The van der Waals surface area contributed by atoms with Crippen molar-refractivity contribution in [3.63, 3.8) is 0 Å². The third-order valence-electron chi connectivity index (χ3n) is 3.52. The lowest BCUT2D eigenvalue weighted by molar-refractivity contribution is 0.0947. The molecule has 0 aliphatic carbocycles. The van der Waals surface area contributed by atoms with Crippen LogP contribution in [0.1, 0.15) is 21.6 Å². The number of benzene rings is 2. The van der Waals surface area contributed by atoms with Gasteiger partial charge in [-0.15, -0.1) is 11.3 Å². The van der Waals surface area contributed by atoms with Crippen molar-refractivity contribution in [2.75, 3.05) is 0 Å². The smallest absolute Gasteiger partial charge is 0.271 e. The van der Waals surface area contributed by atoms with Gasteiger partial charge in [0, 0.05) is 6.54 Å². The first kappa shape index (κ1) is 14.5. The Balaban J connectivity index is 1.77. The number of thiazole rings is 1.